The molecule has 1 aliphatic heterocycles. The lowest BCUT2D eigenvalue weighted by atomic mass is 9.71. The Kier molecular flexibility index (Phi) is 9.29. The van der Waals surface area contributed by atoms with Crippen LogP contribution in [-0.2, 0) is 11.0 Å². The molecule has 3 nitrogen and oxygen atoms in total. The minimum atomic E-state index is -1.07. The van der Waals surface area contributed by atoms with Crippen LogP contribution in [0.5, 0.6) is 0 Å². The van der Waals surface area contributed by atoms with Gasteiger partial charge in [0.1, 0.15) is 5.60 Å². The fourth-order valence-electron chi connectivity index (χ4n) is 5.26. The number of nitrogens with zero attached hydrogens (tertiary/aromatic N) is 1. The number of allylic oxidation sites excluding steroid dienone is 2. The molecule has 2 aromatic carbocycles. The molecule has 0 radical (unpaired) electrons. The van der Waals surface area contributed by atoms with Crippen molar-refractivity contribution in [2.75, 3.05) is 19.6 Å². The number of aliphatic hydroxyl groups is 2. The lowest BCUT2D eigenvalue weighted by Gasteiger charge is -2.43. The lowest BCUT2D eigenvalue weighted by Crippen LogP contribution is -2.44. The number of benzene rings is 2. The third-order valence-corrected chi connectivity index (χ3v) is 7.46. The molecule has 1 saturated heterocycles. The first kappa shape index (κ1) is 27.1. The molecule has 0 aromatic heterocycles. The van der Waals surface area contributed by atoms with Gasteiger partial charge in [-0.2, -0.15) is 0 Å². The molecule has 3 heteroatoms. The molecule has 2 unspecified atom stereocenters. The number of piperidine rings is 1. The summed E-state index contributed by atoms with van der Waals surface area (Å²) in [5, 5.41) is 22.7. The summed E-state index contributed by atoms with van der Waals surface area (Å²) in [5.74, 6) is 0.109. The maximum atomic E-state index is 12.0. The Morgan fingerprint density at radius 3 is 2.17 bits per heavy atom. The van der Waals surface area contributed by atoms with E-state index >= 15 is 0 Å². The average molecular weight is 474 g/mol. The summed E-state index contributed by atoms with van der Waals surface area (Å²) < 4.78 is 0. The lowest BCUT2D eigenvalue weighted by molar-refractivity contribution is -0.0152. The molecule has 2 N–H and O–H groups in total. The fraction of sp³-hybridized carbons (Fsp3) is 0.438. The number of aliphatic hydroxyl groups excluding tert-OH is 1. The van der Waals surface area contributed by atoms with E-state index in [0.29, 0.717) is 0 Å². The molecule has 0 bridgehead atoms. The first-order valence-electron chi connectivity index (χ1n) is 12.9. The first-order valence-corrected chi connectivity index (χ1v) is 12.9. The Labute approximate surface area is 212 Å². The summed E-state index contributed by atoms with van der Waals surface area (Å²) in [7, 11) is 0. The van der Waals surface area contributed by atoms with Gasteiger partial charge in [-0.05, 0) is 78.9 Å². The fourth-order valence-corrected chi connectivity index (χ4v) is 5.26. The van der Waals surface area contributed by atoms with E-state index < -0.39 is 11.7 Å². The van der Waals surface area contributed by atoms with Crippen LogP contribution in [-0.4, -0.2) is 34.7 Å². The summed E-state index contributed by atoms with van der Waals surface area (Å²) in [6, 6.07) is 18.3. The van der Waals surface area contributed by atoms with E-state index in [2.05, 4.69) is 63.1 Å². The topological polar surface area (TPSA) is 43.7 Å². The van der Waals surface area contributed by atoms with Crippen LogP contribution in [0.15, 0.2) is 91.6 Å². The number of hydrogen-bond acceptors (Lipinski definition) is 3. The summed E-state index contributed by atoms with van der Waals surface area (Å²) in [4.78, 5) is 2.46. The van der Waals surface area contributed by atoms with Crippen molar-refractivity contribution in [3.8, 4) is 0 Å². The molecule has 1 heterocycles. The van der Waals surface area contributed by atoms with E-state index in [0.717, 1.165) is 62.0 Å². The van der Waals surface area contributed by atoms with Crippen molar-refractivity contribution < 1.29 is 10.2 Å². The molecule has 188 valence electrons. The van der Waals surface area contributed by atoms with E-state index in [9.17, 15) is 10.2 Å². The predicted octanol–water partition coefficient (Wildman–Crippen LogP) is 6.70. The number of rotatable bonds is 10. The second-order valence-corrected chi connectivity index (χ2v) is 10.8. The minimum absolute atomic E-state index is 0.109. The standard InChI is InChI=1S/C32H43NO2/c1-6-12-26(7-2)32(35,28-13-9-8-10-14-28)29-20-23-33(24-21-29)22-11-15-30(34)25-16-18-27(19-17-25)31(3,4)5/h6-10,12-14,16-19,29-30,34-35H,1-2,11,15,20-24H2,3-5H3/b26-12+. The van der Waals surface area contributed by atoms with Crippen LogP contribution in [0, 0.1) is 5.92 Å². The van der Waals surface area contributed by atoms with Gasteiger partial charge in [0.25, 0.3) is 0 Å². The highest BCUT2D eigenvalue weighted by Crippen LogP contribution is 2.42. The highest BCUT2D eigenvalue weighted by molar-refractivity contribution is 5.40. The highest BCUT2D eigenvalue weighted by Gasteiger charge is 2.41. The number of likely N-dealkylation sites (tertiary alicyclic amines) is 1. The molecule has 0 spiro atoms. The van der Waals surface area contributed by atoms with Crippen molar-refractivity contribution in [3.05, 3.63) is 108 Å². The Bertz CT molecular complexity index is 978. The van der Waals surface area contributed by atoms with Crippen LogP contribution in [0.2, 0.25) is 0 Å². The zero-order chi connectivity index (χ0) is 25.5. The molecule has 1 aliphatic rings. The third-order valence-electron chi connectivity index (χ3n) is 7.46. The summed E-state index contributed by atoms with van der Waals surface area (Å²) in [6.07, 6.45) is 8.45. The van der Waals surface area contributed by atoms with E-state index in [-0.39, 0.29) is 11.3 Å². The highest BCUT2D eigenvalue weighted by atomic mass is 16.3. The van der Waals surface area contributed by atoms with Gasteiger partial charge >= 0.3 is 0 Å². The largest absolute Gasteiger partial charge is 0.388 e. The average Bonchev–Trinajstić information content (AvgIpc) is 2.87. The SMILES string of the molecule is C=C/C=C(\C=C)C(O)(c1ccccc1)C1CCN(CCCC(O)c2ccc(C(C)(C)C)cc2)CC1. The van der Waals surface area contributed by atoms with Crippen molar-refractivity contribution in [2.45, 2.75) is 63.6 Å². The molecule has 3 rings (SSSR count). The Morgan fingerprint density at radius 2 is 1.63 bits per heavy atom. The van der Waals surface area contributed by atoms with E-state index in [4.69, 9.17) is 0 Å². The van der Waals surface area contributed by atoms with E-state index in [1.807, 2.05) is 36.4 Å². The molecule has 0 aliphatic carbocycles. The monoisotopic (exact) mass is 473 g/mol. The normalized spacial score (nSPS) is 18.6. The number of hydrogen-bond donors (Lipinski definition) is 2. The molecular weight excluding hydrogens is 430 g/mol. The predicted molar refractivity (Wildman–Crippen MR) is 147 cm³/mol. The van der Waals surface area contributed by atoms with Gasteiger partial charge in [-0.3, -0.25) is 0 Å². The maximum Gasteiger partial charge on any atom is 0.117 e. The summed E-state index contributed by atoms with van der Waals surface area (Å²) in [5.41, 5.74) is 3.05. The van der Waals surface area contributed by atoms with Crippen LogP contribution in [0.4, 0.5) is 0 Å². The van der Waals surface area contributed by atoms with Gasteiger partial charge in [0, 0.05) is 0 Å². The van der Waals surface area contributed by atoms with Gasteiger partial charge in [-0.15, -0.1) is 0 Å². The zero-order valence-electron chi connectivity index (χ0n) is 21.8. The molecule has 0 amide bonds. The van der Waals surface area contributed by atoms with Crippen molar-refractivity contribution >= 4 is 0 Å². The molecule has 35 heavy (non-hydrogen) atoms. The van der Waals surface area contributed by atoms with Crippen molar-refractivity contribution in [3.63, 3.8) is 0 Å². The Hall–Kier alpha value is -2.46. The maximum absolute atomic E-state index is 12.0. The van der Waals surface area contributed by atoms with Gasteiger partial charge in [-0.1, -0.05) is 107 Å². The van der Waals surface area contributed by atoms with Crippen LogP contribution in [0.1, 0.15) is 69.2 Å². The molecule has 0 saturated carbocycles. The van der Waals surface area contributed by atoms with Crippen LogP contribution >= 0.6 is 0 Å². The Morgan fingerprint density at radius 1 is 1.00 bits per heavy atom. The minimum Gasteiger partial charge on any atom is -0.388 e. The second-order valence-electron chi connectivity index (χ2n) is 10.8. The molecular formula is C32H43NO2. The first-order chi connectivity index (χ1) is 16.7. The van der Waals surface area contributed by atoms with Crippen LogP contribution in [0.3, 0.4) is 0 Å². The Balaban J connectivity index is 1.56. The van der Waals surface area contributed by atoms with Gasteiger partial charge in [0.2, 0.25) is 0 Å². The van der Waals surface area contributed by atoms with Gasteiger partial charge < -0.3 is 15.1 Å². The summed E-state index contributed by atoms with van der Waals surface area (Å²) >= 11 is 0. The third kappa shape index (κ3) is 6.61. The van der Waals surface area contributed by atoms with Crippen molar-refractivity contribution in [1.82, 2.24) is 4.90 Å². The van der Waals surface area contributed by atoms with Gasteiger partial charge in [0.05, 0.1) is 6.10 Å². The van der Waals surface area contributed by atoms with Gasteiger partial charge in [0.15, 0.2) is 0 Å². The molecule has 1 fully saturated rings. The van der Waals surface area contributed by atoms with Gasteiger partial charge in [-0.25, -0.2) is 0 Å². The van der Waals surface area contributed by atoms with E-state index in [1.165, 1.54) is 5.56 Å². The van der Waals surface area contributed by atoms with E-state index in [1.54, 1.807) is 12.2 Å². The smallest absolute Gasteiger partial charge is 0.117 e. The second kappa shape index (κ2) is 12.0. The van der Waals surface area contributed by atoms with Crippen molar-refractivity contribution in [2.24, 2.45) is 5.92 Å². The summed E-state index contributed by atoms with van der Waals surface area (Å²) in [6.45, 7) is 17.3. The van der Waals surface area contributed by atoms with Crippen molar-refractivity contribution in [1.29, 1.82) is 0 Å². The molecule has 2 atom stereocenters. The van der Waals surface area contributed by atoms with Crippen LogP contribution < -0.4 is 0 Å². The quantitative estimate of drug-likeness (QED) is 0.378. The van der Waals surface area contributed by atoms with Crippen LogP contribution in [0.25, 0.3) is 0 Å². The zero-order valence-corrected chi connectivity index (χ0v) is 21.8. The molecule has 2 aromatic rings.